The van der Waals surface area contributed by atoms with Crippen LogP contribution in [-0.4, -0.2) is 97.5 Å². The summed E-state index contributed by atoms with van der Waals surface area (Å²) in [6.07, 6.45) is 0. The van der Waals surface area contributed by atoms with Gasteiger partial charge in [-0.15, -0.1) is 0 Å². The molecular formula is C123H80N10Se3. The molecule has 10 nitrogen and oxygen atoms in total. The average molecular weight is 1930 g/mol. The number of benzene rings is 21. The molecule has 0 saturated carbocycles. The van der Waals surface area contributed by atoms with Crippen molar-refractivity contribution in [3.63, 3.8) is 0 Å². The van der Waals surface area contributed by atoms with E-state index in [9.17, 15) is 0 Å². The number of rotatable bonds is 14. The quantitative estimate of drug-likeness (QED) is 0.0774. The second-order valence-electron chi connectivity index (χ2n) is 33.5. The number of fused-ring (bicyclic) bond motifs is 15. The molecule has 21 aromatic carbocycles. The number of aromatic nitrogens is 10. The molecular weight excluding hydrogens is 1850 g/mol. The van der Waals surface area contributed by atoms with E-state index in [4.69, 9.17) is 44.9 Å². The minimum absolute atomic E-state index is 0.586. The van der Waals surface area contributed by atoms with Crippen molar-refractivity contribution in [1.29, 1.82) is 0 Å². The van der Waals surface area contributed by atoms with Crippen LogP contribution >= 0.6 is 0 Å². The van der Waals surface area contributed by atoms with Crippen LogP contribution in [0.1, 0.15) is 0 Å². The fraction of sp³-hybridized carbons (Fsp3) is 0. The van der Waals surface area contributed by atoms with E-state index < -0.39 is 0 Å². The Morgan fingerprint density at radius 2 is 0.397 bits per heavy atom. The first-order valence-electron chi connectivity index (χ1n) is 45.1. The first kappa shape index (κ1) is 83.9. The van der Waals surface area contributed by atoms with Gasteiger partial charge in [-0.3, -0.25) is 0 Å². The van der Waals surface area contributed by atoms with Crippen molar-refractivity contribution in [3.8, 4) is 153 Å². The van der Waals surface area contributed by atoms with Crippen LogP contribution in [0.15, 0.2) is 467 Å². The van der Waals surface area contributed by atoms with Crippen LogP contribution in [0.5, 0.6) is 0 Å². The number of hydrogen-bond acceptors (Lipinski definition) is 9. The zero-order valence-corrected chi connectivity index (χ0v) is 78.9. The molecule has 0 fully saturated rings. The summed E-state index contributed by atoms with van der Waals surface area (Å²) in [5.74, 6) is 5.74. The van der Waals surface area contributed by atoms with Crippen LogP contribution in [0.25, 0.3) is 239 Å². The molecule has 0 aliphatic heterocycles. The molecule has 4 aromatic heterocycles. The zero-order valence-electron chi connectivity index (χ0n) is 73.3. The molecule has 0 radical (unpaired) electrons. The molecule has 0 atom stereocenters. The van der Waals surface area contributed by atoms with E-state index in [0.29, 0.717) is 52.5 Å². The third-order valence-corrected chi connectivity index (χ3v) is 28.1. The predicted molar refractivity (Wildman–Crippen MR) is 570 cm³/mol. The molecule has 0 saturated heterocycles. The molecule has 0 aliphatic carbocycles. The molecule has 0 spiro atoms. The van der Waals surface area contributed by atoms with E-state index in [-0.39, 0.29) is 0 Å². The monoisotopic (exact) mass is 1940 g/mol. The summed E-state index contributed by atoms with van der Waals surface area (Å²) in [6, 6.07) is 163. The summed E-state index contributed by atoms with van der Waals surface area (Å²) >= 11 is 8.17. The van der Waals surface area contributed by atoms with Crippen LogP contribution in [0.2, 0.25) is 0 Å². The molecule has 0 N–H and O–H groups in total. The van der Waals surface area contributed by atoms with Gasteiger partial charge in [-0.1, -0.05) is 54.6 Å². The van der Waals surface area contributed by atoms with Gasteiger partial charge in [-0.2, -0.15) is 0 Å². The number of nitrogens with zero attached hydrogens (tertiary/aromatic N) is 10. The second kappa shape index (κ2) is 37.0. The molecule has 640 valence electrons. The Morgan fingerprint density at radius 1 is 0.140 bits per heavy atom. The Morgan fingerprint density at radius 3 is 0.846 bits per heavy atom. The molecule has 0 aliphatic rings. The maximum atomic E-state index is 5.18. The van der Waals surface area contributed by atoms with Crippen molar-refractivity contribution >= 4 is 148 Å². The van der Waals surface area contributed by atoms with Gasteiger partial charge in [0.2, 0.25) is 0 Å². The van der Waals surface area contributed by atoms with Gasteiger partial charge >= 0.3 is 757 Å². The van der Waals surface area contributed by atoms with E-state index in [1.54, 1.807) is 0 Å². The third kappa shape index (κ3) is 16.4. The summed E-state index contributed by atoms with van der Waals surface area (Å²) in [7, 11) is 0. The summed E-state index contributed by atoms with van der Waals surface area (Å²) in [6.45, 7) is 0. The van der Waals surface area contributed by atoms with Gasteiger partial charge in [0, 0.05) is 0 Å². The minimum atomic E-state index is 0.586. The Labute approximate surface area is 810 Å². The van der Waals surface area contributed by atoms with E-state index in [1.807, 2.05) is 97.1 Å². The predicted octanol–water partition coefficient (Wildman–Crippen LogP) is 26.9. The van der Waals surface area contributed by atoms with Crippen LogP contribution in [0.3, 0.4) is 0 Å². The van der Waals surface area contributed by atoms with Gasteiger partial charge in [0.1, 0.15) is 0 Å². The molecule has 25 aromatic rings. The van der Waals surface area contributed by atoms with E-state index in [0.717, 1.165) is 113 Å². The van der Waals surface area contributed by atoms with Crippen LogP contribution in [-0.2, 0) is 0 Å². The normalized spacial score (nSPS) is 11.3. The number of para-hydroxylation sites is 1. The van der Waals surface area contributed by atoms with Gasteiger partial charge in [0.15, 0.2) is 0 Å². The van der Waals surface area contributed by atoms with Gasteiger partial charge in [-0.05, 0) is 5.56 Å². The molecule has 0 unspecified atom stereocenters. The SMILES string of the molecule is [SeH]c1c(-c2cccc(-c3ccccc3)c2)cccc1-c1nc(-c2ccccc2)nc(-c2ccc3c4ccccc4c4ccccc4c3c2)n1.[SeH]c1c(-c2ccccc2)cccc1-c1nc(-c2ccccc2)nc(-c2ccc3c4ccccc4c4ccccc4c3c2)n1.[SeH]c1ccccc1-c1cccc(-c2nc(-c3ccccc3)nc(-n3c4ccccc4c4ccc(-c5ccccc5)cc43)n2)c1. The van der Waals surface area contributed by atoms with Gasteiger partial charge in [0.25, 0.3) is 0 Å². The van der Waals surface area contributed by atoms with Crippen molar-refractivity contribution in [2.75, 3.05) is 0 Å². The zero-order chi connectivity index (χ0) is 90.9. The second-order valence-corrected chi connectivity index (χ2v) is 36.3. The van der Waals surface area contributed by atoms with E-state index in [2.05, 4.69) is 423 Å². The molecule has 136 heavy (non-hydrogen) atoms. The van der Waals surface area contributed by atoms with Gasteiger partial charge < -0.3 is 0 Å². The van der Waals surface area contributed by atoms with E-state index >= 15 is 0 Å². The summed E-state index contributed by atoms with van der Waals surface area (Å²) in [5, 5.41) is 17.1. The fourth-order valence-electron chi connectivity index (χ4n) is 18.7. The van der Waals surface area contributed by atoms with Crippen LogP contribution < -0.4 is 13.4 Å². The van der Waals surface area contributed by atoms with E-state index in [1.165, 1.54) is 86.9 Å². The molecule has 4 heterocycles. The summed E-state index contributed by atoms with van der Waals surface area (Å²) < 4.78 is 5.48. The molecule has 0 amide bonds. The number of hydrogen-bond donors (Lipinski definition) is 0. The molecule has 0 bridgehead atoms. The molecule has 25 rings (SSSR count). The van der Waals surface area contributed by atoms with Gasteiger partial charge in [-0.25, -0.2) is 0 Å². The van der Waals surface area contributed by atoms with Gasteiger partial charge in [0.05, 0.1) is 0 Å². The third-order valence-electron chi connectivity index (χ3n) is 25.2. The maximum absolute atomic E-state index is 5.18. The standard InChI is InChI=1S/C45H29N3Se.C39H26N4Se.C39H25N3Se/c49-42-34(32-18-11-17-31(27-32)29-13-3-1-4-14-29)23-12-24-40(42)45-47-43(30-15-5-2-6-16-30)46-44(48-45)33-25-26-39-37-21-8-7-19-35(37)36-20-9-10-22-38(36)41(39)28-33;44-36-21-10-8-18-31(36)29-16-11-17-30(24-29)38-40-37(27-14-5-2-6-15-27)41-39(42-38)43-34-20-9-7-19-32(34)33-23-22-28(25-35(33)43)26-12-3-1-4-13-26;43-36-28(25-12-3-1-4-13-25)20-11-21-34(36)39-41-37(26-14-5-2-6-15-26)40-38(42-39)27-22-23-33-31-18-8-7-16-29(31)30-17-9-10-19-32(30)35(33)24-27/h1-28,49H;1-25,44H;1-24,43H. The molecule has 13 heteroatoms. The Balaban J connectivity index is 0.000000115. The van der Waals surface area contributed by atoms with Crippen molar-refractivity contribution in [3.05, 3.63) is 467 Å². The summed E-state index contributed by atoms with van der Waals surface area (Å²) in [4.78, 5) is 45.8. The Kier molecular flexibility index (Phi) is 22.8. The first-order valence-corrected chi connectivity index (χ1v) is 48.0. The fourth-order valence-corrected chi connectivity index (χ4v) is 20.9. The van der Waals surface area contributed by atoms with Crippen LogP contribution in [0, 0.1) is 0 Å². The van der Waals surface area contributed by atoms with Crippen LogP contribution in [0.4, 0.5) is 0 Å². The average Bonchev–Trinajstić information content (AvgIpc) is 1.67. The van der Waals surface area contributed by atoms with Crippen molar-refractivity contribution < 1.29 is 0 Å². The summed E-state index contributed by atoms with van der Waals surface area (Å²) in [5.41, 5.74) is 21.3. The first-order chi connectivity index (χ1) is 67.2. The Hall–Kier alpha value is -16.4. The Bertz CT molecular complexity index is 8830. The van der Waals surface area contributed by atoms with Crippen molar-refractivity contribution in [2.24, 2.45) is 0 Å². The topological polar surface area (TPSA) is 121 Å². The van der Waals surface area contributed by atoms with Crippen molar-refractivity contribution in [2.45, 2.75) is 0 Å². The van der Waals surface area contributed by atoms with Crippen molar-refractivity contribution in [1.82, 2.24) is 49.4 Å².